The Morgan fingerprint density at radius 2 is 1.25 bits per heavy atom. The molecule has 2 aliphatic rings. The molecule has 2 aromatic rings. The van der Waals surface area contributed by atoms with Crippen LogP contribution in [-0.4, -0.2) is 0 Å². The van der Waals surface area contributed by atoms with Crippen molar-refractivity contribution in [2.75, 3.05) is 0 Å². The van der Waals surface area contributed by atoms with Crippen molar-refractivity contribution < 1.29 is 0 Å². The Morgan fingerprint density at radius 1 is 0.700 bits per heavy atom. The van der Waals surface area contributed by atoms with E-state index < -0.39 is 0 Å². The molecule has 0 amide bonds. The van der Waals surface area contributed by atoms with Gasteiger partial charge in [-0.05, 0) is 36.2 Å². The molecule has 0 aliphatic carbocycles. The number of aryl methyl sites for hydroxylation is 1. The van der Waals surface area contributed by atoms with Crippen LogP contribution < -0.4 is 0 Å². The van der Waals surface area contributed by atoms with E-state index >= 15 is 0 Å². The third-order valence-corrected chi connectivity index (χ3v) is 8.86. The zero-order valence-electron chi connectivity index (χ0n) is 10.9. The van der Waals surface area contributed by atoms with Crippen LogP contribution in [0.25, 0.3) is 0 Å². The molecular weight excluding hydrogens is 320 g/mol. The summed E-state index contributed by atoms with van der Waals surface area (Å²) in [5.41, 5.74) is 1.43. The lowest BCUT2D eigenvalue weighted by molar-refractivity contribution is 1.10. The fourth-order valence-electron chi connectivity index (χ4n) is 2.16. The van der Waals surface area contributed by atoms with Crippen molar-refractivity contribution in [3.8, 4) is 0 Å². The summed E-state index contributed by atoms with van der Waals surface area (Å²) < 4.78 is 2.88. The largest absolute Gasteiger partial charge is 0.0798 e. The molecule has 0 fully saturated rings. The minimum Gasteiger partial charge on any atom is -0.0798 e. The number of benzene rings is 2. The topological polar surface area (TPSA) is 0 Å². The average molecular weight is 333 g/mol. The Bertz CT molecular complexity index is 691. The van der Waals surface area contributed by atoms with Crippen LogP contribution in [0.4, 0.5) is 0 Å². The van der Waals surface area contributed by atoms with Crippen molar-refractivity contribution in [1.29, 1.82) is 0 Å². The van der Waals surface area contributed by atoms with Crippen LogP contribution in [-0.2, 0) is 6.42 Å². The van der Waals surface area contributed by atoms with Crippen LogP contribution in [0.2, 0.25) is 0 Å². The molecule has 0 aromatic heterocycles. The fourth-order valence-corrected chi connectivity index (χ4v) is 7.51. The quantitative estimate of drug-likeness (QED) is 0.586. The van der Waals surface area contributed by atoms with E-state index in [0.717, 1.165) is 6.42 Å². The van der Waals surface area contributed by atoms with E-state index in [-0.39, 0.29) is 0 Å². The molecule has 0 radical (unpaired) electrons. The van der Waals surface area contributed by atoms with Gasteiger partial charge in [-0.15, -0.1) is 0 Å². The van der Waals surface area contributed by atoms with Gasteiger partial charge in [0.2, 0.25) is 0 Å². The van der Waals surface area contributed by atoms with Gasteiger partial charge in [0.15, 0.2) is 0 Å². The van der Waals surface area contributed by atoms with E-state index in [1.165, 1.54) is 33.6 Å². The first-order valence-electron chi connectivity index (χ1n) is 6.51. The third-order valence-electron chi connectivity index (χ3n) is 3.24. The van der Waals surface area contributed by atoms with Gasteiger partial charge in [0, 0.05) is 19.6 Å². The summed E-state index contributed by atoms with van der Waals surface area (Å²) in [6.45, 7) is 2.22. The SMILES string of the molecule is CCc1ccc2c(c1)SC(=C1Sc3ccccc3S1)S2. The number of hydrogen-bond donors (Lipinski definition) is 0. The van der Waals surface area contributed by atoms with Gasteiger partial charge < -0.3 is 0 Å². The first-order chi connectivity index (χ1) is 9.83. The molecular formula is C16H12S4. The molecule has 2 heterocycles. The highest BCUT2D eigenvalue weighted by Gasteiger charge is 2.26. The second-order valence-electron chi connectivity index (χ2n) is 4.56. The Balaban J connectivity index is 1.66. The molecule has 0 N–H and O–H groups in total. The number of fused-ring (bicyclic) bond motifs is 2. The van der Waals surface area contributed by atoms with E-state index in [1.54, 1.807) is 0 Å². The minimum absolute atomic E-state index is 1.11. The number of rotatable bonds is 1. The Labute approximate surface area is 136 Å². The highest BCUT2D eigenvalue weighted by Crippen LogP contribution is 2.61. The molecule has 0 saturated heterocycles. The lowest BCUT2D eigenvalue weighted by Crippen LogP contribution is -1.79. The van der Waals surface area contributed by atoms with E-state index in [1.807, 2.05) is 47.0 Å². The van der Waals surface area contributed by atoms with Gasteiger partial charge in [0.1, 0.15) is 0 Å². The minimum atomic E-state index is 1.11. The van der Waals surface area contributed by atoms with E-state index in [4.69, 9.17) is 0 Å². The predicted molar refractivity (Wildman–Crippen MR) is 92.7 cm³/mol. The molecule has 0 nitrogen and oxygen atoms in total. The molecule has 2 aliphatic heterocycles. The lowest BCUT2D eigenvalue weighted by atomic mass is 10.2. The van der Waals surface area contributed by atoms with Crippen LogP contribution in [0.15, 0.2) is 70.5 Å². The van der Waals surface area contributed by atoms with Crippen LogP contribution in [0.3, 0.4) is 0 Å². The number of thioether (sulfide) groups is 4. The second-order valence-corrected chi connectivity index (χ2v) is 9.29. The van der Waals surface area contributed by atoms with Crippen molar-refractivity contribution in [2.24, 2.45) is 0 Å². The monoisotopic (exact) mass is 332 g/mol. The van der Waals surface area contributed by atoms with Crippen LogP contribution in [0.1, 0.15) is 12.5 Å². The molecule has 0 spiro atoms. The summed E-state index contributed by atoms with van der Waals surface area (Å²) in [7, 11) is 0. The molecule has 0 atom stereocenters. The summed E-state index contributed by atoms with van der Waals surface area (Å²) in [6, 6.07) is 15.5. The molecule has 20 heavy (non-hydrogen) atoms. The van der Waals surface area contributed by atoms with Gasteiger partial charge in [-0.2, -0.15) is 0 Å². The molecule has 4 rings (SSSR count). The highest BCUT2D eigenvalue weighted by molar-refractivity contribution is 8.30. The van der Waals surface area contributed by atoms with Gasteiger partial charge in [-0.1, -0.05) is 72.2 Å². The standard InChI is InChI=1S/C16H12S4/c1-2-10-7-8-13-14(9-10)20-16(19-13)15-17-11-5-3-4-6-12(11)18-15/h3-9H,2H2,1H3. The maximum atomic E-state index is 2.35. The highest BCUT2D eigenvalue weighted by atomic mass is 32.2. The first kappa shape index (κ1) is 13.3. The number of hydrogen-bond acceptors (Lipinski definition) is 4. The zero-order chi connectivity index (χ0) is 13.5. The maximum absolute atomic E-state index is 2.35. The van der Waals surface area contributed by atoms with Gasteiger partial charge >= 0.3 is 0 Å². The summed E-state index contributed by atoms with van der Waals surface area (Å²) in [6.07, 6.45) is 1.11. The van der Waals surface area contributed by atoms with Crippen LogP contribution in [0.5, 0.6) is 0 Å². The van der Waals surface area contributed by atoms with Crippen LogP contribution in [0, 0.1) is 0 Å². The van der Waals surface area contributed by atoms with Crippen molar-refractivity contribution >= 4 is 47.0 Å². The normalized spacial score (nSPS) is 16.4. The second kappa shape index (κ2) is 5.41. The van der Waals surface area contributed by atoms with E-state index in [0.29, 0.717) is 0 Å². The fraction of sp³-hybridized carbons (Fsp3) is 0.125. The zero-order valence-corrected chi connectivity index (χ0v) is 14.1. The van der Waals surface area contributed by atoms with Crippen molar-refractivity contribution in [3.63, 3.8) is 0 Å². The van der Waals surface area contributed by atoms with Gasteiger partial charge in [-0.25, -0.2) is 0 Å². The van der Waals surface area contributed by atoms with Crippen molar-refractivity contribution in [2.45, 2.75) is 32.9 Å². The van der Waals surface area contributed by atoms with E-state index in [9.17, 15) is 0 Å². The third kappa shape index (κ3) is 2.33. The average Bonchev–Trinajstić information content (AvgIpc) is 3.09. The Morgan fingerprint density at radius 3 is 1.85 bits per heavy atom. The smallest absolute Gasteiger partial charge is 0.0706 e. The molecule has 0 saturated carbocycles. The van der Waals surface area contributed by atoms with Gasteiger partial charge in [0.05, 0.1) is 8.47 Å². The predicted octanol–water partition coefficient (Wildman–Crippen LogP) is 6.47. The van der Waals surface area contributed by atoms with E-state index in [2.05, 4.69) is 49.4 Å². The summed E-state index contributed by atoms with van der Waals surface area (Å²) >= 11 is 7.69. The summed E-state index contributed by atoms with van der Waals surface area (Å²) in [5, 5.41) is 0. The molecule has 0 bridgehead atoms. The molecule has 0 unspecified atom stereocenters. The van der Waals surface area contributed by atoms with Crippen LogP contribution >= 0.6 is 47.0 Å². The summed E-state index contributed by atoms with van der Waals surface area (Å²) in [4.78, 5) is 5.62. The summed E-state index contributed by atoms with van der Waals surface area (Å²) in [5.74, 6) is 0. The maximum Gasteiger partial charge on any atom is 0.0706 e. The van der Waals surface area contributed by atoms with Gasteiger partial charge in [-0.3, -0.25) is 0 Å². The molecule has 100 valence electrons. The van der Waals surface area contributed by atoms with Crippen molar-refractivity contribution in [3.05, 3.63) is 56.5 Å². The lowest BCUT2D eigenvalue weighted by Gasteiger charge is -1.99. The Kier molecular flexibility index (Phi) is 3.59. The Hall–Kier alpha value is -0.420. The van der Waals surface area contributed by atoms with Gasteiger partial charge in [0.25, 0.3) is 0 Å². The molecule has 2 aromatic carbocycles. The van der Waals surface area contributed by atoms with Crippen molar-refractivity contribution in [1.82, 2.24) is 0 Å². The molecule has 4 heteroatoms. The first-order valence-corrected chi connectivity index (χ1v) is 9.78.